The Morgan fingerprint density at radius 3 is 1.54 bits per heavy atom. The van der Waals surface area contributed by atoms with Gasteiger partial charge in [-0.2, -0.15) is 0 Å². The van der Waals surface area contributed by atoms with Gasteiger partial charge in [0.05, 0.1) is 18.2 Å². The monoisotopic (exact) mass is 522 g/mol. The smallest absolute Gasteiger partial charge is 0.169 e. The van der Waals surface area contributed by atoms with E-state index in [2.05, 4.69) is 0 Å². The molecule has 0 N–H and O–H groups in total. The van der Waals surface area contributed by atoms with Crippen molar-refractivity contribution in [1.82, 2.24) is 0 Å². The molecule has 0 saturated carbocycles. The maximum Gasteiger partial charge on any atom is 0.169 e. The first kappa shape index (κ1) is 24.5. The number of fused-ring (bicyclic) bond motifs is 2. The normalized spacial score (nSPS) is 11.5. The van der Waals surface area contributed by atoms with Crippen molar-refractivity contribution in [3.63, 3.8) is 0 Å². The van der Waals surface area contributed by atoms with Crippen molar-refractivity contribution in [3.8, 4) is 28.0 Å². The Kier molecular flexibility index (Phi) is 5.77. The summed E-state index contributed by atoms with van der Waals surface area (Å²) in [7, 11) is 1.14. The topological polar surface area (TPSA) is 9.23 Å². The second kappa shape index (κ2) is 8.72. The van der Waals surface area contributed by atoms with Crippen LogP contribution in [0, 0.1) is 52.4 Å². The van der Waals surface area contributed by atoms with Crippen molar-refractivity contribution in [3.05, 3.63) is 101 Å². The van der Waals surface area contributed by atoms with Gasteiger partial charge in [0.25, 0.3) is 0 Å². The van der Waals surface area contributed by atoms with E-state index in [1.54, 1.807) is 0 Å². The molecular weight excluding hydrogens is 511 g/mol. The summed E-state index contributed by atoms with van der Waals surface area (Å²) in [5, 5.41) is -2.32. The standard InChI is InChI=1S/C27H11F9O/c1-37-10-5-17(31)24(18(32)6-10)21-11-3-2-4-14(28)22(11)23(13-8-16(30)15(29)7-12(13)21)25-26(35)19(33)9-20(34)27(25)36/h2-9H,1H3. The minimum absolute atomic E-state index is 0.0777. The Hall–Kier alpha value is -4.21. The van der Waals surface area contributed by atoms with E-state index in [1.165, 1.54) is 0 Å². The summed E-state index contributed by atoms with van der Waals surface area (Å²) in [6.45, 7) is 0. The van der Waals surface area contributed by atoms with Crippen molar-refractivity contribution < 1.29 is 44.3 Å². The molecule has 0 heterocycles. The van der Waals surface area contributed by atoms with Crippen molar-refractivity contribution >= 4 is 21.5 Å². The molecule has 0 aliphatic carbocycles. The molecule has 5 rings (SSSR count). The van der Waals surface area contributed by atoms with Crippen LogP contribution in [0.15, 0.2) is 48.5 Å². The molecule has 0 bridgehead atoms. The molecule has 37 heavy (non-hydrogen) atoms. The molecule has 0 fully saturated rings. The first-order valence-corrected chi connectivity index (χ1v) is 10.4. The molecule has 188 valence electrons. The van der Waals surface area contributed by atoms with E-state index in [1.807, 2.05) is 0 Å². The fraction of sp³-hybridized carbons (Fsp3) is 0.0370. The fourth-order valence-electron chi connectivity index (χ4n) is 4.46. The minimum Gasteiger partial charge on any atom is -0.497 e. The van der Waals surface area contributed by atoms with E-state index >= 15 is 13.2 Å². The Bertz CT molecular complexity index is 1710. The maximum absolute atomic E-state index is 15.3. The van der Waals surface area contributed by atoms with Crippen molar-refractivity contribution in [2.45, 2.75) is 0 Å². The summed E-state index contributed by atoms with van der Waals surface area (Å²) < 4.78 is 138. The Labute approximate surface area is 202 Å². The van der Waals surface area contributed by atoms with Crippen LogP contribution in [0.5, 0.6) is 5.75 Å². The molecule has 5 aromatic rings. The zero-order valence-corrected chi connectivity index (χ0v) is 18.4. The predicted octanol–water partition coefficient (Wildman–Crippen LogP) is 8.59. The predicted molar refractivity (Wildman–Crippen MR) is 119 cm³/mol. The first-order chi connectivity index (χ1) is 17.5. The molecule has 0 atom stereocenters. The average molecular weight is 522 g/mol. The molecule has 0 amide bonds. The van der Waals surface area contributed by atoms with Gasteiger partial charge in [0, 0.05) is 34.7 Å². The van der Waals surface area contributed by atoms with E-state index < -0.39 is 96.2 Å². The van der Waals surface area contributed by atoms with E-state index in [0.717, 1.165) is 37.4 Å². The third-order valence-corrected chi connectivity index (χ3v) is 6.00. The quantitative estimate of drug-likeness (QED) is 0.131. The molecule has 0 saturated heterocycles. The summed E-state index contributed by atoms with van der Waals surface area (Å²) in [5.41, 5.74) is -3.60. The molecule has 0 radical (unpaired) electrons. The van der Waals surface area contributed by atoms with Crippen LogP contribution < -0.4 is 4.74 Å². The lowest BCUT2D eigenvalue weighted by atomic mass is 9.85. The molecule has 0 unspecified atom stereocenters. The van der Waals surface area contributed by atoms with Gasteiger partial charge in [-0.25, -0.2) is 39.5 Å². The number of ether oxygens (including phenoxy) is 1. The maximum atomic E-state index is 15.3. The molecule has 0 aromatic heterocycles. The van der Waals surface area contributed by atoms with Crippen LogP contribution in [0.25, 0.3) is 43.8 Å². The summed E-state index contributed by atoms with van der Waals surface area (Å²) in [6.07, 6.45) is 0. The lowest BCUT2D eigenvalue weighted by Crippen LogP contribution is -2.03. The largest absolute Gasteiger partial charge is 0.497 e. The minimum atomic E-state index is -1.94. The van der Waals surface area contributed by atoms with E-state index in [4.69, 9.17) is 4.74 Å². The second-order valence-corrected chi connectivity index (χ2v) is 8.03. The van der Waals surface area contributed by atoms with Crippen LogP contribution in [0.1, 0.15) is 0 Å². The zero-order valence-electron chi connectivity index (χ0n) is 18.4. The fourth-order valence-corrected chi connectivity index (χ4v) is 4.46. The van der Waals surface area contributed by atoms with Gasteiger partial charge < -0.3 is 4.74 Å². The van der Waals surface area contributed by atoms with Crippen LogP contribution in [0.4, 0.5) is 39.5 Å². The SMILES string of the molecule is COc1cc(F)c(-c2c3cc(F)c(F)cc3c(-c3c(F)c(F)cc(F)c3F)c3c(F)cccc23)c(F)c1. The summed E-state index contributed by atoms with van der Waals surface area (Å²) in [5.74, 6) is -14.6. The highest BCUT2D eigenvalue weighted by Crippen LogP contribution is 2.48. The Morgan fingerprint density at radius 1 is 0.459 bits per heavy atom. The van der Waals surface area contributed by atoms with Crippen LogP contribution in [0.2, 0.25) is 0 Å². The van der Waals surface area contributed by atoms with Crippen LogP contribution >= 0.6 is 0 Å². The number of methoxy groups -OCH3 is 1. The van der Waals surface area contributed by atoms with E-state index in [0.29, 0.717) is 12.1 Å². The van der Waals surface area contributed by atoms with Gasteiger partial charge in [-0.3, -0.25) is 0 Å². The van der Waals surface area contributed by atoms with Crippen molar-refractivity contribution in [1.29, 1.82) is 0 Å². The number of hydrogen-bond donors (Lipinski definition) is 0. The van der Waals surface area contributed by atoms with Gasteiger partial charge >= 0.3 is 0 Å². The van der Waals surface area contributed by atoms with Gasteiger partial charge in [-0.1, -0.05) is 12.1 Å². The molecule has 0 aliphatic rings. The molecule has 1 nitrogen and oxygen atoms in total. The lowest BCUT2D eigenvalue weighted by molar-refractivity contribution is 0.407. The summed E-state index contributed by atoms with van der Waals surface area (Å²) in [4.78, 5) is 0. The van der Waals surface area contributed by atoms with Crippen molar-refractivity contribution in [2.75, 3.05) is 7.11 Å². The van der Waals surface area contributed by atoms with Gasteiger partial charge in [-0.15, -0.1) is 0 Å². The molecule has 10 heteroatoms. The van der Waals surface area contributed by atoms with Gasteiger partial charge in [0.15, 0.2) is 34.9 Å². The van der Waals surface area contributed by atoms with E-state index in [-0.39, 0.29) is 11.8 Å². The summed E-state index contributed by atoms with van der Waals surface area (Å²) >= 11 is 0. The zero-order chi connectivity index (χ0) is 26.8. The van der Waals surface area contributed by atoms with Gasteiger partial charge in [0.1, 0.15) is 23.2 Å². The lowest BCUT2D eigenvalue weighted by Gasteiger charge is -2.20. The van der Waals surface area contributed by atoms with Gasteiger partial charge in [0.2, 0.25) is 0 Å². The van der Waals surface area contributed by atoms with Crippen LogP contribution in [-0.2, 0) is 0 Å². The number of benzene rings is 5. The Morgan fingerprint density at radius 2 is 1.00 bits per heavy atom. The highest BCUT2D eigenvalue weighted by Gasteiger charge is 2.29. The summed E-state index contributed by atoms with van der Waals surface area (Å²) in [6, 6.07) is 5.38. The molecule has 5 aromatic carbocycles. The number of hydrogen-bond acceptors (Lipinski definition) is 1. The van der Waals surface area contributed by atoms with Gasteiger partial charge in [-0.05, 0) is 34.4 Å². The highest BCUT2D eigenvalue weighted by atomic mass is 19.2. The molecular formula is C27H11F9O. The number of halogens is 9. The van der Waals surface area contributed by atoms with Crippen molar-refractivity contribution in [2.24, 2.45) is 0 Å². The third kappa shape index (κ3) is 3.66. The first-order valence-electron chi connectivity index (χ1n) is 10.4. The van der Waals surface area contributed by atoms with Crippen LogP contribution in [-0.4, -0.2) is 7.11 Å². The van der Waals surface area contributed by atoms with E-state index in [9.17, 15) is 26.3 Å². The molecule has 0 aliphatic heterocycles. The average Bonchev–Trinajstić information content (AvgIpc) is 2.84. The third-order valence-electron chi connectivity index (χ3n) is 6.00. The molecule has 0 spiro atoms. The second-order valence-electron chi connectivity index (χ2n) is 8.03. The highest BCUT2D eigenvalue weighted by molar-refractivity contribution is 6.21. The number of rotatable bonds is 3. The van der Waals surface area contributed by atoms with Crippen LogP contribution in [0.3, 0.4) is 0 Å². The Balaban J connectivity index is 2.12.